The number of hydrogen-bond donors (Lipinski definition) is 1. The van der Waals surface area contributed by atoms with E-state index in [1.807, 2.05) is 17.0 Å². The monoisotopic (exact) mass is 394 g/mol. The van der Waals surface area contributed by atoms with Crippen LogP contribution in [0.4, 0.5) is 13.2 Å². The Bertz CT molecular complexity index is 557. The van der Waals surface area contributed by atoms with Crippen molar-refractivity contribution in [1.82, 2.24) is 20.1 Å². The maximum atomic E-state index is 12.8. The lowest BCUT2D eigenvalue weighted by Crippen LogP contribution is -2.51. The lowest BCUT2D eigenvalue weighted by atomic mass is 10.1. The van der Waals surface area contributed by atoms with Gasteiger partial charge in [0, 0.05) is 44.6 Å². The highest BCUT2D eigenvalue weighted by Crippen LogP contribution is 2.22. The fourth-order valence-corrected chi connectivity index (χ4v) is 3.02. The number of nitrogens with zero attached hydrogens (tertiary/aromatic N) is 3. The summed E-state index contributed by atoms with van der Waals surface area (Å²) < 4.78 is 38.4. The molecule has 1 aromatic heterocycles. The van der Waals surface area contributed by atoms with Crippen molar-refractivity contribution in [2.24, 2.45) is 5.92 Å². The van der Waals surface area contributed by atoms with E-state index in [1.54, 1.807) is 26.2 Å². The largest absolute Gasteiger partial charge is 0.406 e. The van der Waals surface area contributed by atoms with E-state index in [2.05, 4.69) is 10.3 Å². The van der Waals surface area contributed by atoms with Gasteiger partial charge in [-0.25, -0.2) is 0 Å². The minimum Gasteiger partial charge on any atom is -0.332 e. The van der Waals surface area contributed by atoms with Gasteiger partial charge in [-0.05, 0) is 17.5 Å². The zero-order chi connectivity index (χ0) is 18.4. The van der Waals surface area contributed by atoms with Crippen molar-refractivity contribution in [2.45, 2.75) is 26.1 Å². The maximum absolute atomic E-state index is 12.8. The summed E-state index contributed by atoms with van der Waals surface area (Å²) >= 11 is 0. The molecular formula is C17H26ClF3N4O. The molecule has 1 N–H and O–H groups in total. The molecule has 1 aliphatic heterocycles. The second kappa shape index (κ2) is 10.1. The summed E-state index contributed by atoms with van der Waals surface area (Å²) in [6.45, 7) is 4.43. The molecule has 0 radical (unpaired) electrons. The van der Waals surface area contributed by atoms with E-state index in [4.69, 9.17) is 0 Å². The summed E-state index contributed by atoms with van der Waals surface area (Å²) in [6.07, 6.45) is -0.990. The number of aromatic nitrogens is 1. The Hall–Kier alpha value is -1.38. The summed E-state index contributed by atoms with van der Waals surface area (Å²) in [4.78, 5) is 19.5. The van der Waals surface area contributed by atoms with Crippen LogP contribution in [0.5, 0.6) is 0 Å². The number of hydrogen-bond acceptors (Lipinski definition) is 4. The lowest BCUT2D eigenvalue weighted by molar-refractivity contribution is -0.163. The number of carbonyl (C=O) groups excluding carboxylic acids is 1. The van der Waals surface area contributed by atoms with Gasteiger partial charge >= 0.3 is 6.18 Å². The van der Waals surface area contributed by atoms with Crippen LogP contribution in [0.1, 0.15) is 25.5 Å². The minimum atomic E-state index is -4.39. The van der Waals surface area contributed by atoms with Gasteiger partial charge in [0.1, 0.15) is 6.54 Å². The molecule has 2 rings (SSSR count). The molecule has 0 saturated carbocycles. The number of nitrogens with one attached hydrogen (secondary N) is 1. The molecule has 0 bridgehead atoms. The second-order valence-corrected chi connectivity index (χ2v) is 6.76. The highest BCUT2D eigenvalue weighted by atomic mass is 35.5. The Balaban J connectivity index is 0.00000338. The Kier molecular flexibility index (Phi) is 8.79. The standard InChI is InChI=1S/C17H25F3N4O.ClH/c1-13(2)10-24(12-17(18,19)20)16(25)11-23-7-6-22-9-15(23)14-4-3-5-21-8-14;/h3-5,8,13,15,22H,6-7,9-12H2,1-2H3;1H. The highest BCUT2D eigenvalue weighted by Gasteiger charge is 2.34. The molecule has 1 amide bonds. The van der Waals surface area contributed by atoms with Crippen LogP contribution in [0.3, 0.4) is 0 Å². The van der Waals surface area contributed by atoms with Gasteiger partial charge in [-0.1, -0.05) is 19.9 Å². The normalized spacial score (nSPS) is 18.5. The van der Waals surface area contributed by atoms with Crippen molar-refractivity contribution in [3.05, 3.63) is 30.1 Å². The fraction of sp³-hybridized carbons (Fsp3) is 0.647. The van der Waals surface area contributed by atoms with Gasteiger partial charge < -0.3 is 10.2 Å². The Labute approximate surface area is 158 Å². The third-order valence-corrected chi connectivity index (χ3v) is 4.07. The Morgan fingerprint density at radius 3 is 2.77 bits per heavy atom. The molecule has 0 aliphatic carbocycles. The number of amides is 1. The summed E-state index contributed by atoms with van der Waals surface area (Å²) in [5.74, 6) is -0.509. The van der Waals surface area contributed by atoms with Gasteiger partial charge in [-0.3, -0.25) is 14.7 Å². The van der Waals surface area contributed by atoms with Crippen LogP contribution < -0.4 is 5.32 Å². The van der Waals surface area contributed by atoms with Crippen molar-refractivity contribution in [3.8, 4) is 0 Å². The van der Waals surface area contributed by atoms with Gasteiger partial charge in [-0.2, -0.15) is 13.2 Å². The number of pyridine rings is 1. The molecule has 5 nitrogen and oxygen atoms in total. The summed E-state index contributed by atoms with van der Waals surface area (Å²) in [7, 11) is 0. The van der Waals surface area contributed by atoms with Crippen LogP contribution >= 0.6 is 12.4 Å². The molecule has 0 spiro atoms. The van der Waals surface area contributed by atoms with Crippen LogP contribution in [-0.2, 0) is 4.79 Å². The molecule has 0 aromatic carbocycles. The lowest BCUT2D eigenvalue weighted by Gasteiger charge is -2.37. The van der Waals surface area contributed by atoms with Gasteiger partial charge in [0.05, 0.1) is 6.54 Å². The third-order valence-electron chi connectivity index (χ3n) is 4.07. The first-order valence-electron chi connectivity index (χ1n) is 8.45. The highest BCUT2D eigenvalue weighted by molar-refractivity contribution is 5.85. The summed E-state index contributed by atoms with van der Waals surface area (Å²) in [6, 6.07) is 3.67. The van der Waals surface area contributed by atoms with E-state index in [0.717, 1.165) is 10.5 Å². The molecule has 1 atom stereocenters. The first kappa shape index (κ1) is 22.7. The quantitative estimate of drug-likeness (QED) is 0.805. The zero-order valence-electron chi connectivity index (χ0n) is 15.0. The minimum absolute atomic E-state index is 0. The molecule has 1 unspecified atom stereocenters. The molecule has 1 aliphatic rings. The summed E-state index contributed by atoms with van der Waals surface area (Å²) in [5, 5.41) is 3.26. The van der Waals surface area contributed by atoms with E-state index in [1.165, 1.54) is 0 Å². The van der Waals surface area contributed by atoms with Crippen molar-refractivity contribution in [2.75, 3.05) is 39.3 Å². The average molecular weight is 395 g/mol. The van der Waals surface area contributed by atoms with E-state index in [9.17, 15) is 18.0 Å². The second-order valence-electron chi connectivity index (χ2n) is 6.76. The van der Waals surface area contributed by atoms with E-state index >= 15 is 0 Å². The Morgan fingerprint density at radius 1 is 1.46 bits per heavy atom. The molecule has 1 saturated heterocycles. The van der Waals surface area contributed by atoms with Gasteiger partial charge in [-0.15, -0.1) is 12.4 Å². The molecular weight excluding hydrogens is 369 g/mol. The number of alkyl halides is 3. The van der Waals surface area contributed by atoms with Gasteiger partial charge in [0.15, 0.2) is 0 Å². The Morgan fingerprint density at radius 2 is 2.19 bits per heavy atom. The van der Waals surface area contributed by atoms with E-state index < -0.39 is 18.6 Å². The van der Waals surface area contributed by atoms with Crippen LogP contribution in [0, 0.1) is 5.92 Å². The fourth-order valence-electron chi connectivity index (χ4n) is 3.02. The van der Waals surface area contributed by atoms with Gasteiger partial charge in [0.2, 0.25) is 5.91 Å². The predicted molar refractivity (Wildman–Crippen MR) is 96.1 cm³/mol. The molecule has 9 heteroatoms. The van der Waals surface area contributed by atoms with E-state index in [-0.39, 0.29) is 37.5 Å². The number of carbonyl (C=O) groups is 1. The van der Waals surface area contributed by atoms with Crippen LogP contribution in [0.25, 0.3) is 0 Å². The van der Waals surface area contributed by atoms with E-state index in [0.29, 0.717) is 19.6 Å². The molecule has 148 valence electrons. The first-order valence-corrected chi connectivity index (χ1v) is 8.45. The van der Waals surface area contributed by atoms with Crippen molar-refractivity contribution in [1.29, 1.82) is 0 Å². The maximum Gasteiger partial charge on any atom is 0.406 e. The zero-order valence-corrected chi connectivity index (χ0v) is 15.8. The molecule has 1 fully saturated rings. The SMILES string of the molecule is CC(C)CN(CC(F)(F)F)C(=O)CN1CCNCC1c1cccnc1.Cl. The third kappa shape index (κ3) is 7.09. The first-order chi connectivity index (χ1) is 11.8. The van der Waals surface area contributed by atoms with Crippen LogP contribution in [0.2, 0.25) is 0 Å². The van der Waals surface area contributed by atoms with Crippen LogP contribution in [-0.4, -0.2) is 66.1 Å². The number of rotatable bonds is 6. The average Bonchev–Trinajstić information content (AvgIpc) is 2.54. The van der Waals surface area contributed by atoms with Gasteiger partial charge in [0.25, 0.3) is 0 Å². The smallest absolute Gasteiger partial charge is 0.332 e. The topological polar surface area (TPSA) is 48.5 Å². The number of halogens is 4. The molecule has 1 aromatic rings. The van der Waals surface area contributed by atoms with Crippen molar-refractivity contribution >= 4 is 18.3 Å². The van der Waals surface area contributed by atoms with Crippen LogP contribution in [0.15, 0.2) is 24.5 Å². The number of piperazine rings is 1. The summed E-state index contributed by atoms with van der Waals surface area (Å²) in [5.41, 5.74) is 0.953. The van der Waals surface area contributed by atoms with Crippen molar-refractivity contribution in [3.63, 3.8) is 0 Å². The molecule has 26 heavy (non-hydrogen) atoms. The molecule has 2 heterocycles. The predicted octanol–water partition coefficient (Wildman–Crippen LogP) is 2.50. The van der Waals surface area contributed by atoms with Crippen molar-refractivity contribution < 1.29 is 18.0 Å².